The average Bonchev–Trinajstić information content (AvgIpc) is 3.13. The molecule has 0 saturated carbocycles. The van der Waals surface area contributed by atoms with Gasteiger partial charge in [0, 0.05) is 12.5 Å². The van der Waals surface area contributed by atoms with Crippen LogP contribution in [0.4, 0.5) is 5.69 Å². The van der Waals surface area contributed by atoms with Crippen molar-refractivity contribution in [1.82, 2.24) is 15.5 Å². The third kappa shape index (κ3) is 3.04. The summed E-state index contributed by atoms with van der Waals surface area (Å²) in [5.41, 5.74) is 5.25. The number of amides is 1. The standard InChI is InChI=1S/C17H22N4O/c1-11-4-3-5-12(2)14(11)8-16(22)20-15-10-19-21-17(15)13-6-7-18-9-13/h3-5,10,13,18H,6-9H2,1-2H3,(H,19,21)(H,20,22). The molecular weight excluding hydrogens is 276 g/mol. The second kappa shape index (κ2) is 6.32. The van der Waals surface area contributed by atoms with Gasteiger partial charge < -0.3 is 10.6 Å². The van der Waals surface area contributed by atoms with E-state index in [-0.39, 0.29) is 5.91 Å². The van der Waals surface area contributed by atoms with Crippen molar-refractivity contribution in [1.29, 1.82) is 0 Å². The zero-order chi connectivity index (χ0) is 15.5. The van der Waals surface area contributed by atoms with Crippen molar-refractivity contribution in [2.75, 3.05) is 18.4 Å². The Hall–Kier alpha value is -2.14. The van der Waals surface area contributed by atoms with E-state index in [9.17, 15) is 4.79 Å². The van der Waals surface area contributed by atoms with E-state index in [2.05, 4.69) is 20.8 Å². The molecule has 1 unspecified atom stereocenters. The van der Waals surface area contributed by atoms with E-state index in [1.807, 2.05) is 32.0 Å². The van der Waals surface area contributed by atoms with Crippen molar-refractivity contribution in [3.63, 3.8) is 0 Å². The number of aryl methyl sites for hydroxylation is 2. The maximum absolute atomic E-state index is 12.4. The highest BCUT2D eigenvalue weighted by atomic mass is 16.1. The first-order chi connectivity index (χ1) is 10.6. The van der Waals surface area contributed by atoms with E-state index in [0.29, 0.717) is 12.3 Å². The Morgan fingerprint density at radius 2 is 2.14 bits per heavy atom. The summed E-state index contributed by atoms with van der Waals surface area (Å²) in [6, 6.07) is 6.11. The summed E-state index contributed by atoms with van der Waals surface area (Å²) >= 11 is 0. The van der Waals surface area contributed by atoms with Gasteiger partial charge in [-0.1, -0.05) is 18.2 Å². The molecule has 0 bridgehead atoms. The summed E-state index contributed by atoms with van der Waals surface area (Å²) in [4.78, 5) is 12.4. The molecule has 2 heterocycles. The molecule has 0 radical (unpaired) electrons. The van der Waals surface area contributed by atoms with Crippen LogP contribution in [0.25, 0.3) is 0 Å². The van der Waals surface area contributed by atoms with Crippen LogP contribution in [0.15, 0.2) is 24.4 Å². The van der Waals surface area contributed by atoms with Crippen LogP contribution in [-0.4, -0.2) is 29.2 Å². The van der Waals surface area contributed by atoms with Crippen LogP contribution < -0.4 is 10.6 Å². The molecule has 1 aromatic carbocycles. The molecule has 0 aliphatic carbocycles. The summed E-state index contributed by atoms with van der Waals surface area (Å²) in [7, 11) is 0. The van der Waals surface area contributed by atoms with Crippen LogP contribution in [0.2, 0.25) is 0 Å². The molecule has 1 saturated heterocycles. The SMILES string of the molecule is Cc1cccc(C)c1CC(=O)Nc1cn[nH]c1C1CCNC1. The number of aromatic amines is 1. The summed E-state index contributed by atoms with van der Waals surface area (Å²) in [6.45, 7) is 6.04. The lowest BCUT2D eigenvalue weighted by atomic mass is 9.99. The second-order valence-corrected chi connectivity index (χ2v) is 5.98. The van der Waals surface area contributed by atoms with Gasteiger partial charge in [-0.3, -0.25) is 9.89 Å². The smallest absolute Gasteiger partial charge is 0.228 e. The van der Waals surface area contributed by atoms with E-state index in [1.165, 1.54) is 0 Å². The van der Waals surface area contributed by atoms with Crippen molar-refractivity contribution in [3.05, 3.63) is 46.8 Å². The number of nitrogens with one attached hydrogen (secondary N) is 3. The van der Waals surface area contributed by atoms with E-state index in [1.54, 1.807) is 6.20 Å². The molecule has 3 rings (SSSR count). The third-order valence-electron chi connectivity index (χ3n) is 4.39. The summed E-state index contributed by atoms with van der Waals surface area (Å²) in [5.74, 6) is 0.406. The summed E-state index contributed by atoms with van der Waals surface area (Å²) in [5, 5.41) is 13.5. The van der Waals surface area contributed by atoms with Crippen molar-refractivity contribution in [2.45, 2.75) is 32.6 Å². The fraction of sp³-hybridized carbons (Fsp3) is 0.412. The van der Waals surface area contributed by atoms with Gasteiger partial charge in [-0.25, -0.2) is 0 Å². The van der Waals surface area contributed by atoms with Crippen LogP contribution in [0.3, 0.4) is 0 Å². The molecule has 5 heteroatoms. The Morgan fingerprint density at radius 1 is 1.36 bits per heavy atom. The van der Waals surface area contributed by atoms with Crippen LogP contribution >= 0.6 is 0 Å². The van der Waals surface area contributed by atoms with Gasteiger partial charge in [0.15, 0.2) is 0 Å². The van der Waals surface area contributed by atoms with Gasteiger partial charge in [0.05, 0.1) is 24.0 Å². The minimum Gasteiger partial charge on any atom is -0.323 e. The predicted molar refractivity (Wildman–Crippen MR) is 87.1 cm³/mol. The average molecular weight is 298 g/mol. The number of rotatable bonds is 4. The van der Waals surface area contributed by atoms with Crippen LogP contribution in [0, 0.1) is 13.8 Å². The highest BCUT2D eigenvalue weighted by Crippen LogP contribution is 2.27. The number of hydrogen-bond donors (Lipinski definition) is 3. The number of hydrogen-bond acceptors (Lipinski definition) is 3. The fourth-order valence-corrected chi connectivity index (χ4v) is 3.09. The number of carbonyl (C=O) groups is 1. The lowest BCUT2D eigenvalue weighted by Gasteiger charge is -2.12. The van der Waals surface area contributed by atoms with Crippen LogP contribution in [0.5, 0.6) is 0 Å². The van der Waals surface area contributed by atoms with E-state index in [4.69, 9.17) is 0 Å². The largest absolute Gasteiger partial charge is 0.323 e. The van der Waals surface area contributed by atoms with E-state index < -0.39 is 0 Å². The molecule has 1 aliphatic rings. The van der Waals surface area contributed by atoms with Crippen LogP contribution in [0.1, 0.15) is 34.7 Å². The minimum absolute atomic E-state index is 0.00556. The first-order valence-electron chi connectivity index (χ1n) is 7.74. The van der Waals surface area contributed by atoms with Gasteiger partial charge in [0.1, 0.15) is 0 Å². The molecule has 0 spiro atoms. The number of anilines is 1. The van der Waals surface area contributed by atoms with Crippen LogP contribution in [-0.2, 0) is 11.2 Å². The zero-order valence-corrected chi connectivity index (χ0v) is 13.1. The number of H-pyrrole nitrogens is 1. The zero-order valence-electron chi connectivity index (χ0n) is 13.1. The van der Waals surface area contributed by atoms with Crippen molar-refractivity contribution < 1.29 is 4.79 Å². The van der Waals surface area contributed by atoms with Gasteiger partial charge in [-0.15, -0.1) is 0 Å². The molecule has 1 aliphatic heterocycles. The molecule has 5 nitrogen and oxygen atoms in total. The third-order valence-corrected chi connectivity index (χ3v) is 4.39. The minimum atomic E-state index is 0.00556. The fourth-order valence-electron chi connectivity index (χ4n) is 3.09. The topological polar surface area (TPSA) is 69.8 Å². The number of aromatic nitrogens is 2. The second-order valence-electron chi connectivity index (χ2n) is 5.98. The monoisotopic (exact) mass is 298 g/mol. The Balaban J connectivity index is 1.71. The van der Waals surface area contributed by atoms with Crippen molar-refractivity contribution >= 4 is 11.6 Å². The highest BCUT2D eigenvalue weighted by Gasteiger charge is 2.22. The molecule has 3 N–H and O–H groups in total. The first kappa shape index (κ1) is 14.8. The molecule has 1 atom stereocenters. The van der Waals surface area contributed by atoms with Gasteiger partial charge in [-0.05, 0) is 43.5 Å². The number of benzene rings is 1. The molecule has 1 amide bonds. The lowest BCUT2D eigenvalue weighted by molar-refractivity contribution is -0.115. The Kier molecular flexibility index (Phi) is 4.24. The molecule has 22 heavy (non-hydrogen) atoms. The number of nitrogens with zero attached hydrogens (tertiary/aromatic N) is 1. The quantitative estimate of drug-likeness (QED) is 0.811. The van der Waals surface area contributed by atoms with Crippen molar-refractivity contribution in [3.8, 4) is 0 Å². The van der Waals surface area contributed by atoms with E-state index >= 15 is 0 Å². The maximum Gasteiger partial charge on any atom is 0.228 e. The molecule has 1 fully saturated rings. The predicted octanol–water partition coefficient (Wildman–Crippen LogP) is 2.28. The molecule has 116 valence electrons. The van der Waals surface area contributed by atoms with Gasteiger partial charge in [-0.2, -0.15) is 5.10 Å². The van der Waals surface area contributed by atoms with Gasteiger partial charge >= 0.3 is 0 Å². The maximum atomic E-state index is 12.4. The molecular formula is C17H22N4O. The molecule has 1 aromatic heterocycles. The highest BCUT2D eigenvalue weighted by molar-refractivity contribution is 5.93. The normalized spacial score (nSPS) is 17.6. The van der Waals surface area contributed by atoms with Gasteiger partial charge in [0.25, 0.3) is 0 Å². The Morgan fingerprint density at radius 3 is 2.82 bits per heavy atom. The number of carbonyl (C=O) groups excluding carboxylic acids is 1. The summed E-state index contributed by atoms with van der Waals surface area (Å²) in [6.07, 6.45) is 3.17. The first-order valence-corrected chi connectivity index (χ1v) is 7.74. The summed E-state index contributed by atoms with van der Waals surface area (Å²) < 4.78 is 0. The van der Waals surface area contributed by atoms with E-state index in [0.717, 1.165) is 47.6 Å². The van der Waals surface area contributed by atoms with Crippen molar-refractivity contribution in [2.24, 2.45) is 0 Å². The lowest BCUT2D eigenvalue weighted by Crippen LogP contribution is -2.17. The van der Waals surface area contributed by atoms with Gasteiger partial charge in [0.2, 0.25) is 5.91 Å². The Bertz CT molecular complexity index is 651. The Labute approximate surface area is 130 Å². The molecule has 2 aromatic rings.